The van der Waals surface area contributed by atoms with Crippen molar-refractivity contribution in [3.8, 4) is 11.3 Å². The van der Waals surface area contributed by atoms with E-state index in [2.05, 4.69) is 41.5 Å². The topological polar surface area (TPSA) is 128 Å². The predicted octanol–water partition coefficient (Wildman–Crippen LogP) is 1.19. The summed E-state index contributed by atoms with van der Waals surface area (Å²) in [6.45, 7) is 1.88. The number of anilines is 1. The molecule has 1 saturated heterocycles. The molecule has 1 aliphatic rings. The Morgan fingerprint density at radius 1 is 1.07 bits per heavy atom. The van der Waals surface area contributed by atoms with Crippen molar-refractivity contribution in [2.45, 2.75) is 18.9 Å². The number of piperidine rings is 1. The van der Waals surface area contributed by atoms with Gasteiger partial charge in [0.05, 0.1) is 24.0 Å². The molecule has 0 atom stereocenters. The van der Waals surface area contributed by atoms with Gasteiger partial charge in [-0.1, -0.05) is 16.5 Å². The Morgan fingerprint density at radius 2 is 1.93 bits per heavy atom. The first kappa shape index (κ1) is 18.3. The van der Waals surface area contributed by atoms with Gasteiger partial charge in [-0.15, -0.1) is 20.4 Å². The van der Waals surface area contributed by atoms with Gasteiger partial charge in [-0.3, -0.25) is 9.48 Å². The Bertz CT molecular complexity index is 1210. The third-order valence-electron chi connectivity index (χ3n) is 5.15. The molecule has 2 N–H and O–H groups in total. The van der Waals surface area contributed by atoms with E-state index in [9.17, 15) is 4.79 Å². The summed E-state index contributed by atoms with van der Waals surface area (Å²) in [6.07, 6.45) is 5.46. The van der Waals surface area contributed by atoms with Crippen molar-refractivity contribution in [1.82, 2.24) is 45.5 Å². The number of rotatable bonds is 4. The minimum atomic E-state index is -0.367. The maximum atomic E-state index is 12.6. The van der Waals surface area contributed by atoms with Crippen LogP contribution in [-0.4, -0.2) is 59.2 Å². The minimum Gasteiger partial charge on any atom is -0.317 e. The molecule has 0 saturated carbocycles. The standard InChI is InChI=1S/C19H20N10O/c1-28-10-16(23-26-28)12-2-3-15-13(8-12)9-18(25-22-15)21-19(30)17-11-29(27-24-17)14-4-6-20-7-5-14/h2-3,8-11,14,20H,4-7H2,1H3,(H,21,25,30). The van der Waals surface area contributed by atoms with Crippen molar-refractivity contribution in [2.75, 3.05) is 18.4 Å². The van der Waals surface area contributed by atoms with Gasteiger partial charge in [-0.2, -0.15) is 0 Å². The van der Waals surface area contributed by atoms with E-state index < -0.39 is 0 Å². The van der Waals surface area contributed by atoms with Gasteiger partial charge in [-0.05, 0) is 44.1 Å². The Kier molecular flexibility index (Phi) is 4.64. The fourth-order valence-corrected chi connectivity index (χ4v) is 3.56. The maximum absolute atomic E-state index is 12.6. The highest BCUT2D eigenvalue weighted by molar-refractivity contribution is 6.02. The summed E-state index contributed by atoms with van der Waals surface area (Å²) in [5, 5.41) is 31.4. The highest BCUT2D eigenvalue weighted by Crippen LogP contribution is 2.23. The van der Waals surface area contributed by atoms with Crippen LogP contribution in [0.2, 0.25) is 0 Å². The normalized spacial score (nSPS) is 14.8. The van der Waals surface area contributed by atoms with Crippen LogP contribution in [0.25, 0.3) is 22.2 Å². The summed E-state index contributed by atoms with van der Waals surface area (Å²) in [7, 11) is 1.82. The number of aryl methyl sites for hydroxylation is 1. The van der Waals surface area contributed by atoms with E-state index in [1.807, 2.05) is 31.4 Å². The fourth-order valence-electron chi connectivity index (χ4n) is 3.56. The first-order chi connectivity index (χ1) is 14.7. The van der Waals surface area contributed by atoms with E-state index in [4.69, 9.17) is 0 Å². The van der Waals surface area contributed by atoms with Gasteiger partial charge in [-0.25, -0.2) is 4.68 Å². The molecule has 11 heteroatoms. The second kappa shape index (κ2) is 7.59. The summed E-state index contributed by atoms with van der Waals surface area (Å²) >= 11 is 0. The van der Waals surface area contributed by atoms with Gasteiger partial charge in [0.25, 0.3) is 5.91 Å². The summed E-state index contributed by atoms with van der Waals surface area (Å²) in [4.78, 5) is 12.6. The third kappa shape index (κ3) is 3.62. The van der Waals surface area contributed by atoms with E-state index in [1.165, 1.54) is 0 Å². The number of hydrogen-bond donors (Lipinski definition) is 2. The number of carbonyl (C=O) groups excluding carboxylic acids is 1. The quantitative estimate of drug-likeness (QED) is 0.519. The molecule has 1 aliphatic heterocycles. The lowest BCUT2D eigenvalue weighted by Gasteiger charge is -2.22. The van der Waals surface area contributed by atoms with Gasteiger partial charge in [0.1, 0.15) is 5.69 Å². The molecule has 1 amide bonds. The average molecular weight is 404 g/mol. The van der Waals surface area contributed by atoms with Gasteiger partial charge < -0.3 is 10.6 Å². The van der Waals surface area contributed by atoms with E-state index in [-0.39, 0.29) is 17.6 Å². The van der Waals surface area contributed by atoms with Gasteiger partial charge in [0.2, 0.25) is 0 Å². The van der Waals surface area contributed by atoms with Crippen molar-refractivity contribution in [1.29, 1.82) is 0 Å². The third-order valence-corrected chi connectivity index (χ3v) is 5.15. The lowest BCUT2D eigenvalue weighted by molar-refractivity contribution is 0.102. The van der Waals surface area contributed by atoms with Crippen LogP contribution >= 0.6 is 0 Å². The van der Waals surface area contributed by atoms with Crippen LogP contribution in [0.3, 0.4) is 0 Å². The zero-order chi connectivity index (χ0) is 20.5. The molecule has 5 rings (SSSR count). The number of aromatic nitrogens is 8. The Morgan fingerprint density at radius 3 is 2.73 bits per heavy atom. The molecule has 4 heterocycles. The van der Waals surface area contributed by atoms with E-state index in [0.717, 1.165) is 48.1 Å². The maximum Gasteiger partial charge on any atom is 0.279 e. The lowest BCUT2D eigenvalue weighted by Crippen LogP contribution is -2.29. The van der Waals surface area contributed by atoms with Crippen LogP contribution in [0, 0.1) is 0 Å². The molecule has 1 fully saturated rings. The first-order valence-electron chi connectivity index (χ1n) is 9.74. The van der Waals surface area contributed by atoms with Crippen molar-refractivity contribution in [3.05, 3.63) is 42.4 Å². The van der Waals surface area contributed by atoms with Crippen molar-refractivity contribution < 1.29 is 4.79 Å². The van der Waals surface area contributed by atoms with Crippen LogP contribution in [-0.2, 0) is 7.05 Å². The predicted molar refractivity (Wildman–Crippen MR) is 109 cm³/mol. The molecule has 0 radical (unpaired) electrons. The molecular formula is C19H20N10O. The molecule has 11 nitrogen and oxygen atoms in total. The SMILES string of the molecule is Cn1cc(-c2ccc3nnc(NC(=O)c4cn(C5CCNCC5)nn4)cc3c2)nn1. The lowest BCUT2D eigenvalue weighted by atomic mass is 10.1. The molecule has 0 unspecified atom stereocenters. The van der Waals surface area contributed by atoms with Crippen LogP contribution in [0.1, 0.15) is 29.4 Å². The molecule has 0 spiro atoms. The highest BCUT2D eigenvalue weighted by Gasteiger charge is 2.19. The van der Waals surface area contributed by atoms with Crippen LogP contribution < -0.4 is 10.6 Å². The Hall–Kier alpha value is -3.73. The molecule has 4 aromatic rings. The Balaban J connectivity index is 1.35. The van der Waals surface area contributed by atoms with Crippen molar-refractivity contribution in [2.24, 2.45) is 7.05 Å². The van der Waals surface area contributed by atoms with E-state index >= 15 is 0 Å². The van der Waals surface area contributed by atoms with E-state index in [1.54, 1.807) is 21.6 Å². The largest absolute Gasteiger partial charge is 0.317 e. The van der Waals surface area contributed by atoms with Crippen molar-refractivity contribution >= 4 is 22.6 Å². The summed E-state index contributed by atoms with van der Waals surface area (Å²) in [5.74, 6) is -0.0193. The zero-order valence-corrected chi connectivity index (χ0v) is 16.4. The second-order valence-corrected chi connectivity index (χ2v) is 7.30. The summed E-state index contributed by atoms with van der Waals surface area (Å²) < 4.78 is 3.42. The second-order valence-electron chi connectivity index (χ2n) is 7.30. The number of nitrogens with zero attached hydrogens (tertiary/aromatic N) is 8. The number of amides is 1. The van der Waals surface area contributed by atoms with Gasteiger partial charge >= 0.3 is 0 Å². The van der Waals surface area contributed by atoms with Gasteiger partial charge in [0.15, 0.2) is 11.5 Å². The van der Waals surface area contributed by atoms with Gasteiger partial charge in [0, 0.05) is 18.0 Å². The molecule has 30 heavy (non-hydrogen) atoms. The minimum absolute atomic E-state index is 0.253. The summed E-state index contributed by atoms with van der Waals surface area (Å²) in [5.41, 5.74) is 2.64. The number of benzene rings is 1. The number of nitrogens with one attached hydrogen (secondary N) is 2. The Labute approximate surface area is 171 Å². The number of carbonyl (C=O) groups is 1. The molecular weight excluding hydrogens is 384 g/mol. The molecule has 0 bridgehead atoms. The first-order valence-corrected chi connectivity index (χ1v) is 9.74. The van der Waals surface area contributed by atoms with Crippen LogP contribution in [0.4, 0.5) is 5.82 Å². The van der Waals surface area contributed by atoms with Crippen molar-refractivity contribution in [3.63, 3.8) is 0 Å². The number of hydrogen-bond acceptors (Lipinski definition) is 8. The summed E-state index contributed by atoms with van der Waals surface area (Å²) in [6, 6.07) is 7.76. The van der Waals surface area contributed by atoms with Crippen LogP contribution in [0.5, 0.6) is 0 Å². The van der Waals surface area contributed by atoms with E-state index in [0.29, 0.717) is 5.82 Å². The molecule has 0 aliphatic carbocycles. The smallest absolute Gasteiger partial charge is 0.279 e. The average Bonchev–Trinajstić information content (AvgIpc) is 3.43. The molecule has 3 aromatic heterocycles. The zero-order valence-electron chi connectivity index (χ0n) is 16.4. The van der Waals surface area contributed by atoms with Crippen LogP contribution in [0.15, 0.2) is 36.7 Å². The molecule has 1 aromatic carbocycles. The number of fused-ring (bicyclic) bond motifs is 1. The molecule has 152 valence electrons. The highest BCUT2D eigenvalue weighted by atomic mass is 16.2. The monoisotopic (exact) mass is 404 g/mol. The fraction of sp³-hybridized carbons (Fsp3) is 0.316.